The van der Waals surface area contributed by atoms with Crippen LogP contribution >= 0.6 is 0 Å². The van der Waals surface area contributed by atoms with Gasteiger partial charge >= 0.3 is 0 Å². The molecule has 2 aromatic carbocycles. The van der Waals surface area contributed by atoms with Gasteiger partial charge < -0.3 is 14.6 Å². The van der Waals surface area contributed by atoms with Gasteiger partial charge in [-0.1, -0.05) is 0 Å². The molecule has 2 aliphatic heterocycles. The first-order valence-electron chi connectivity index (χ1n) is 10.8. The zero-order valence-electron chi connectivity index (χ0n) is 17.8. The summed E-state index contributed by atoms with van der Waals surface area (Å²) in [5, 5.41) is 0. The van der Waals surface area contributed by atoms with Crippen molar-refractivity contribution in [3.63, 3.8) is 0 Å². The minimum atomic E-state index is -0.987. The van der Waals surface area contributed by atoms with Crippen LogP contribution in [0, 0.1) is 18.6 Å². The van der Waals surface area contributed by atoms with Crippen LogP contribution in [0.25, 0.3) is 16.6 Å². The van der Waals surface area contributed by atoms with E-state index in [-0.39, 0.29) is 17.4 Å². The first-order valence-corrected chi connectivity index (χ1v) is 10.8. The van der Waals surface area contributed by atoms with Crippen molar-refractivity contribution >= 4 is 28.1 Å². The Hall–Kier alpha value is -3.59. The molecule has 168 valence electrons. The number of nitrogens with zero attached hydrogens (tertiary/aromatic N) is 3. The van der Waals surface area contributed by atoms with E-state index in [1.165, 1.54) is 4.90 Å². The van der Waals surface area contributed by atoms with Crippen LogP contribution < -0.4 is 10.5 Å². The first-order chi connectivity index (χ1) is 15.9. The highest BCUT2D eigenvalue weighted by Crippen LogP contribution is 2.33. The van der Waals surface area contributed by atoms with E-state index in [0.717, 1.165) is 29.9 Å². The minimum absolute atomic E-state index is 0.0931. The van der Waals surface area contributed by atoms with Crippen molar-refractivity contribution in [3.05, 3.63) is 75.0 Å². The van der Waals surface area contributed by atoms with Gasteiger partial charge in [0, 0.05) is 30.7 Å². The Morgan fingerprint density at radius 3 is 2.79 bits per heavy atom. The smallest absolute Gasteiger partial charge is 0.274 e. The van der Waals surface area contributed by atoms with E-state index in [2.05, 4.69) is 9.97 Å². The van der Waals surface area contributed by atoms with Crippen LogP contribution in [-0.2, 0) is 11.2 Å². The third-order valence-corrected chi connectivity index (χ3v) is 6.64. The van der Waals surface area contributed by atoms with Crippen LogP contribution in [0.2, 0.25) is 0 Å². The van der Waals surface area contributed by atoms with E-state index in [0.29, 0.717) is 59.6 Å². The van der Waals surface area contributed by atoms with E-state index in [4.69, 9.17) is 4.74 Å². The molecule has 9 heteroatoms. The molecule has 0 radical (unpaired) electrons. The van der Waals surface area contributed by atoms with Gasteiger partial charge in [-0.25, -0.2) is 13.8 Å². The number of hydrogen-bond donors (Lipinski definition) is 1. The van der Waals surface area contributed by atoms with E-state index >= 15 is 0 Å². The Labute approximate surface area is 186 Å². The number of carbonyl (C=O) groups is 1. The van der Waals surface area contributed by atoms with Crippen molar-refractivity contribution in [3.8, 4) is 0 Å². The minimum Gasteiger partial charge on any atom is -0.381 e. The number of H-pyrrole nitrogens is 1. The van der Waals surface area contributed by atoms with Gasteiger partial charge in [-0.05, 0) is 49.1 Å². The molecule has 7 nitrogen and oxygen atoms in total. The molecule has 4 heterocycles. The van der Waals surface area contributed by atoms with E-state index < -0.39 is 11.6 Å². The van der Waals surface area contributed by atoms with E-state index in [1.54, 1.807) is 12.3 Å². The molecule has 1 saturated heterocycles. The van der Waals surface area contributed by atoms with E-state index in [9.17, 15) is 18.4 Å². The molecule has 1 atom stereocenters. The predicted octanol–water partition coefficient (Wildman–Crippen LogP) is 3.47. The third-order valence-electron chi connectivity index (χ3n) is 6.64. The fourth-order valence-corrected chi connectivity index (χ4v) is 4.94. The van der Waals surface area contributed by atoms with Gasteiger partial charge in [-0.3, -0.25) is 14.0 Å². The van der Waals surface area contributed by atoms with Crippen LogP contribution in [0.4, 0.5) is 14.5 Å². The topological polar surface area (TPSA) is 79.7 Å². The summed E-state index contributed by atoms with van der Waals surface area (Å²) >= 11 is 0. The Morgan fingerprint density at radius 1 is 1.18 bits per heavy atom. The highest BCUT2D eigenvalue weighted by molar-refractivity contribution is 6.09. The lowest BCUT2D eigenvalue weighted by atomic mass is 10.0. The number of benzene rings is 2. The van der Waals surface area contributed by atoms with Crippen LogP contribution in [0.1, 0.15) is 39.6 Å². The summed E-state index contributed by atoms with van der Waals surface area (Å²) in [4.78, 5) is 35.0. The maximum Gasteiger partial charge on any atom is 0.274 e. The molecule has 0 spiro atoms. The van der Waals surface area contributed by atoms with Crippen molar-refractivity contribution in [1.82, 2.24) is 14.4 Å². The summed E-state index contributed by atoms with van der Waals surface area (Å²) in [5.74, 6) is -1.37. The summed E-state index contributed by atoms with van der Waals surface area (Å²) < 4.78 is 34.8. The number of fused-ring (bicyclic) bond motifs is 4. The molecule has 0 aliphatic carbocycles. The molecule has 0 saturated carbocycles. The summed E-state index contributed by atoms with van der Waals surface area (Å²) in [6.45, 7) is 3.35. The van der Waals surface area contributed by atoms with E-state index in [1.807, 2.05) is 17.4 Å². The number of carbonyl (C=O) groups excluding carboxylic acids is 1. The quantitative estimate of drug-likeness (QED) is 0.507. The van der Waals surface area contributed by atoms with Gasteiger partial charge in [0.1, 0.15) is 11.3 Å². The molecule has 0 bridgehead atoms. The molecule has 33 heavy (non-hydrogen) atoms. The largest absolute Gasteiger partial charge is 0.381 e. The zero-order chi connectivity index (χ0) is 22.9. The molecule has 1 fully saturated rings. The molecular weight excluding hydrogens is 430 g/mol. The standard InChI is InChI=1S/C24H20F2N4O3/c1-12-6-20-18(28-23(31)21-10-27-22(30(20)21)14-3-5-33-11-14)8-15(12)24(32)29-4-2-13-7-16(25)17(26)9-19(13)29/h6-10,14H,2-5,11H2,1H3,(H,28,31). The number of nitrogens with one attached hydrogen (secondary N) is 1. The zero-order valence-corrected chi connectivity index (χ0v) is 17.8. The lowest BCUT2D eigenvalue weighted by molar-refractivity contribution is 0.0989. The lowest BCUT2D eigenvalue weighted by Gasteiger charge is -2.19. The molecule has 1 N–H and O–H groups in total. The highest BCUT2D eigenvalue weighted by Gasteiger charge is 2.29. The maximum absolute atomic E-state index is 13.9. The number of amides is 1. The first kappa shape index (κ1) is 20.0. The molecule has 6 rings (SSSR count). The monoisotopic (exact) mass is 450 g/mol. The van der Waals surface area contributed by atoms with Crippen LogP contribution in [0.3, 0.4) is 0 Å². The fourth-order valence-electron chi connectivity index (χ4n) is 4.94. The van der Waals surface area contributed by atoms with Gasteiger partial charge in [0.25, 0.3) is 11.5 Å². The highest BCUT2D eigenvalue weighted by atomic mass is 19.2. The predicted molar refractivity (Wildman–Crippen MR) is 118 cm³/mol. The van der Waals surface area contributed by atoms with Gasteiger partial charge in [0.15, 0.2) is 11.6 Å². The number of rotatable bonds is 2. The molecule has 4 aromatic rings. The number of hydrogen-bond acceptors (Lipinski definition) is 4. The Balaban J connectivity index is 1.49. The number of ether oxygens (including phenoxy) is 1. The van der Waals surface area contributed by atoms with Crippen molar-refractivity contribution in [2.24, 2.45) is 0 Å². The second-order valence-electron chi connectivity index (χ2n) is 8.64. The van der Waals surface area contributed by atoms with Crippen LogP contribution in [0.5, 0.6) is 0 Å². The van der Waals surface area contributed by atoms with Crippen molar-refractivity contribution in [2.75, 3.05) is 24.7 Å². The summed E-state index contributed by atoms with van der Waals surface area (Å²) in [6, 6.07) is 5.72. The molecule has 2 aliphatic rings. The normalized spacial score (nSPS) is 17.9. The number of aromatic amines is 1. The molecule has 1 amide bonds. The van der Waals surface area contributed by atoms with Gasteiger partial charge in [0.05, 0.1) is 29.5 Å². The SMILES string of the molecule is Cc1cc2c(cc1C(=O)N1CCc3cc(F)c(F)cc31)[nH]c(=O)c1cnc(C3CCOC3)n12. The molecule has 2 aromatic heterocycles. The average Bonchev–Trinajstić information content (AvgIpc) is 3.53. The number of halogens is 2. The number of aryl methyl sites for hydroxylation is 1. The number of anilines is 1. The molecular formula is C24H20F2N4O3. The van der Waals surface area contributed by atoms with Gasteiger partial charge in [-0.15, -0.1) is 0 Å². The lowest BCUT2D eigenvalue weighted by Crippen LogP contribution is -2.29. The van der Waals surface area contributed by atoms with Crippen LogP contribution in [0.15, 0.2) is 35.3 Å². The summed E-state index contributed by atoms with van der Waals surface area (Å²) in [6.07, 6.45) is 2.84. The van der Waals surface area contributed by atoms with Crippen molar-refractivity contribution < 1.29 is 18.3 Å². The second-order valence-corrected chi connectivity index (χ2v) is 8.64. The Kier molecular flexibility index (Phi) is 4.38. The summed E-state index contributed by atoms with van der Waals surface area (Å²) in [7, 11) is 0. The van der Waals surface area contributed by atoms with Gasteiger partial charge in [-0.2, -0.15) is 0 Å². The number of aromatic nitrogens is 3. The maximum atomic E-state index is 13.9. The average molecular weight is 450 g/mol. The van der Waals surface area contributed by atoms with Crippen LogP contribution in [-0.4, -0.2) is 40.0 Å². The fraction of sp³-hybridized carbons (Fsp3) is 0.292. The Bertz CT molecular complexity index is 1520. The van der Waals surface area contributed by atoms with Crippen molar-refractivity contribution in [1.29, 1.82) is 0 Å². The molecule has 1 unspecified atom stereocenters. The van der Waals surface area contributed by atoms with Gasteiger partial charge in [0.2, 0.25) is 0 Å². The second kappa shape index (κ2) is 7.21. The summed E-state index contributed by atoms with van der Waals surface area (Å²) in [5.41, 5.74) is 3.45. The number of imidazole rings is 1. The third kappa shape index (κ3) is 2.99. The van der Waals surface area contributed by atoms with Crippen molar-refractivity contribution in [2.45, 2.75) is 25.7 Å². The Morgan fingerprint density at radius 2 is 2.00 bits per heavy atom.